The lowest BCUT2D eigenvalue weighted by Gasteiger charge is -2.17. The number of hydrogen-bond acceptors (Lipinski definition) is 3. The molecule has 1 aliphatic rings. The van der Waals surface area contributed by atoms with Crippen molar-refractivity contribution in [3.63, 3.8) is 0 Å². The predicted molar refractivity (Wildman–Crippen MR) is 65.5 cm³/mol. The molecule has 0 spiro atoms. The third kappa shape index (κ3) is 2.60. The number of alkyl halides is 3. The van der Waals surface area contributed by atoms with Crippen molar-refractivity contribution in [1.82, 2.24) is 0 Å². The highest BCUT2D eigenvalue weighted by atomic mass is 19.4. The van der Waals surface area contributed by atoms with Gasteiger partial charge in [0.05, 0.1) is 28.3 Å². The van der Waals surface area contributed by atoms with E-state index in [1.807, 2.05) is 0 Å². The van der Waals surface area contributed by atoms with E-state index in [-0.39, 0.29) is 17.8 Å². The summed E-state index contributed by atoms with van der Waals surface area (Å²) in [6, 6.07) is 4.68. The first kappa shape index (κ1) is 14.3. The molecule has 0 saturated heterocycles. The van der Waals surface area contributed by atoms with Crippen LogP contribution in [0.25, 0.3) is 0 Å². The minimum atomic E-state index is -4.64. The molecule has 0 radical (unpaired) electrons. The van der Waals surface area contributed by atoms with Crippen LogP contribution in [-0.2, 0) is 11.0 Å². The number of rotatable bonds is 3. The van der Waals surface area contributed by atoms with E-state index in [1.165, 1.54) is 6.07 Å². The zero-order valence-electron chi connectivity index (χ0n) is 10.4. The van der Waals surface area contributed by atoms with Crippen LogP contribution in [-0.4, -0.2) is 12.5 Å². The van der Waals surface area contributed by atoms with E-state index >= 15 is 0 Å². The van der Waals surface area contributed by atoms with Crippen molar-refractivity contribution in [2.24, 2.45) is 11.1 Å². The molecule has 0 bridgehead atoms. The summed E-state index contributed by atoms with van der Waals surface area (Å²) in [6.07, 6.45) is -3.49. The molecule has 1 aromatic carbocycles. The fourth-order valence-electron chi connectivity index (χ4n) is 1.89. The Kier molecular flexibility index (Phi) is 3.44. The van der Waals surface area contributed by atoms with Gasteiger partial charge in [-0.05, 0) is 31.0 Å². The van der Waals surface area contributed by atoms with Crippen LogP contribution in [0.1, 0.15) is 24.0 Å². The molecular weight excluding hydrogens is 271 g/mol. The van der Waals surface area contributed by atoms with E-state index in [0.717, 1.165) is 12.1 Å². The summed E-state index contributed by atoms with van der Waals surface area (Å²) < 4.78 is 38.8. The molecule has 1 aromatic rings. The van der Waals surface area contributed by atoms with Crippen LogP contribution in [0.15, 0.2) is 18.2 Å². The van der Waals surface area contributed by atoms with Gasteiger partial charge in [-0.15, -0.1) is 0 Å². The molecule has 1 aliphatic carbocycles. The van der Waals surface area contributed by atoms with Crippen molar-refractivity contribution in [1.29, 1.82) is 5.26 Å². The zero-order valence-corrected chi connectivity index (χ0v) is 10.4. The van der Waals surface area contributed by atoms with Crippen LogP contribution in [0.3, 0.4) is 0 Å². The monoisotopic (exact) mass is 283 g/mol. The standard InChI is InChI=1S/C13H12F3N3O/c14-13(15,16)9-5-8(6-17)1-2-10(9)19-11(20)12(7-18)3-4-12/h1-2,5H,3-4,7,18H2,(H,19,20). The number of halogens is 3. The van der Waals surface area contributed by atoms with Crippen molar-refractivity contribution >= 4 is 11.6 Å². The number of nitriles is 1. The first-order chi connectivity index (χ1) is 9.32. The van der Waals surface area contributed by atoms with Gasteiger partial charge in [-0.3, -0.25) is 4.79 Å². The Bertz CT molecular complexity index is 586. The van der Waals surface area contributed by atoms with Crippen LogP contribution in [0, 0.1) is 16.7 Å². The Labute approximate surface area is 113 Å². The summed E-state index contributed by atoms with van der Waals surface area (Å²) in [5, 5.41) is 10.9. The maximum Gasteiger partial charge on any atom is 0.418 e. The number of nitrogens with one attached hydrogen (secondary N) is 1. The van der Waals surface area contributed by atoms with E-state index in [0.29, 0.717) is 12.8 Å². The third-order valence-electron chi connectivity index (χ3n) is 3.43. The van der Waals surface area contributed by atoms with Gasteiger partial charge in [0.2, 0.25) is 5.91 Å². The first-order valence-electron chi connectivity index (χ1n) is 5.95. The molecule has 4 nitrogen and oxygen atoms in total. The van der Waals surface area contributed by atoms with Crippen molar-refractivity contribution < 1.29 is 18.0 Å². The summed E-state index contributed by atoms with van der Waals surface area (Å²) in [4.78, 5) is 11.9. The number of benzene rings is 1. The Morgan fingerprint density at radius 1 is 1.45 bits per heavy atom. The highest BCUT2D eigenvalue weighted by molar-refractivity contribution is 5.98. The predicted octanol–water partition coefficient (Wildman–Crippen LogP) is 2.25. The second kappa shape index (κ2) is 4.80. The smallest absolute Gasteiger partial charge is 0.329 e. The van der Waals surface area contributed by atoms with Gasteiger partial charge >= 0.3 is 6.18 Å². The fourth-order valence-corrected chi connectivity index (χ4v) is 1.89. The normalized spacial score (nSPS) is 16.4. The summed E-state index contributed by atoms with van der Waals surface area (Å²) in [7, 11) is 0. The molecule has 0 unspecified atom stereocenters. The van der Waals surface area contributed by atoms with Crippen molar-refractivity contribution in [3.05, 3.63) is 29.3 Å². The molecule has 20 heavy (non-hydrogen) atoms. The molecule has 0 atom stereocenters. The SMILES string of the molecule is N#Cc1ccc(NC(=O)C2(CN)CC2)c(C(F)(F)F)c1. The maximum absolute atomic E-state index is 12.9. The number of nitrogens with two attached hydrogens (primary N) is 1. The lowest BCUT2D eigenvalue weighted by atomic mass is 10.0. The Balaban J connectivity index is 2.32. The van der Waals surface area contributed by atoms with Gasteiger partial charge in [0.15, 0.2) is 0 Å². The quantitative estimate of drug-likeness (QED) is 0.893. The molecule has 1 fully saturated rings. The lowest BCUT2D eigenvalue weighted by Crippen LogP contribution is -2.31. The first-order valence-corrected chi connectivity index (χ1v) is 5.95. The second-order valence-electron chi connectivity index (χ2n) is 4.81. The van der Waals surface area contributed by atoms with E-state index in [4.69, 9.17) is 11.0 Å². The number of anilines is 1. The van der Waals surface area contributed by atoms with Crippen LogP contribution >= 0.6 is 0 Å². The number of nitrogens with zero attached hydrogens (tertiary/aromatic N) is 1. The molecular formula is C13H12F3N3O. The summed E-state index contributed by atoms with van der Waals surface area (Å²) >= 11 is 0. The average Bonchev–Trinajstić information content (AvgIpc) is 3.19. The molecule has 0 heterocycles. The van der Waals surface area contributed by atoms with Crippen molar-refractivity contribution in [3.8, 4) is 6.07 Å². The molecule has 3 N–H and O–H groups in total. The Hall–Kier alpha value is -2.07. The number of amides is 1. The van der Waals surface area contributed by atoms with Crippen molar-refractivity contribution in [2.75, 3.05) is 11.9 Å². The topological polar surface area (TPSA) is 78.9 Å². The third-order valence-corrected chi connectivity index (χ3v) is 3.43. The Morgan fingerprint density at radius 3 is 2.55 bits per heavy atom. The minimum Gasteiger partial charge on any atom is -0.329 e. The lowest BCUT2D eigenvalue weighted by molar-refractivity contribution is -0.137. The van der Waals surface area contributed by atoms with Gasteiger partial charge in [-0.1, -0.05) is 0 Å². The molecule has 0 aliphatic heterocycles. The largest absolute Gasteiger partial charge is 0.418 e. The van der Waals surface area contributed by atoms with Gasteiger partial charge in [-0.2, -0.15) is 18.4 Å². The molecule has 2 rings (SSSR count). The van der Waals surface area contributed by atoms with E-state index in [2.05, 4.69) is 5.32 Å². The van der Waals surface area contributed by atoms with Crippen molar-refractivity contribution in [2.45, 2.75) is 19.0 Å². The zero-order chi connectivity index (χ0) is 15.0. The molecule has 1 saturated carbocycles. The van der Waals surface area contributed by atoms with Gasteiger partial charge < -0.3 is 11.1 Å². The highest BCUT2D eigenvalue weighted by Crippen LogP contribution is 2.46. The summed E-state index contributed by atoms with van der Waals surface area (Å²) in [5.41, 5.74) is 3.24. The van der Waals surface area contributed by atoms with Crippen LogP contribution in [0.5, 0.6) is 0 Å². The van der Waals surface area contributed by atoms with Gasteiger partial charge in [-0.25, -0.2) is 0 Å². The summed E-state index contributed by atoms with van der Waals surface area (Å²) in [5.74, 6) is -0.504. The minimum absolute atomic E-state index is 0.108. The Morgan fingerprint density at radius 2 is 2.10 bits per heavy atom. The number of carbonyl (C=O) groups excluding carboxylic acids is 1. The van der Waals surface area contributed by atoms with Crippen LogP contribution < -0.4 is 11.1 Å². The molecule has 0 aromatic heterocycles. The fraction of sp³-hybridized carbons (Fsp3) is 0.385. The van der Waals surface area contributed by atoms with Gasteiger partial charge in [0.1, 0.15) is 0 Å². The van der Waals surface area contributed by atoms with Crippen LogP contribution in [0.2, 0.25) is 0 Å². The van der Waals surface area contributed by atoms with E-state index in [9.17, 15) is 18.0 Å². The highest BCUT2D eigenvalue weighted by Gasteiger charge is 2.49. The molecule has 1 amide bonds. The molecule has 106 valence electrons. The number of hydrogen-bond donors (Lipinski definition) is 2. The number of carbonyl (C=O) groups is 1. The maximum atomic E-state index is 12.9. The molecule has 7 heteroatoms. The summed E-state index contributed by atoms with van der Waals surface area (Å²) in [6.45, 7) is 0.108. The van der Waals surface area contributed by atoms with Crippen LogP contribution in [0.4, 0.5) is 18.9 Å². The van der Waals surface area contributed by atoms with E-state index in [1.54, 1.807) is 6.07 Å². The van der Waals surface area contributed by atoms with E-state index < -0.39 is 23.1 Å². The van der Waals surface area contributed by atoms with Gasteiger partial charge in [0, 0.05) is 6.54 Å². The van der Waals surface area contributed by atoms with Gasteiger partial charge in [0.25, 0.3) is 0 Å². The average molecular weight is 283 g/mol. The second-order valence-corrected chi connectivity index (χ2v) is 4.81.